The molecule has 1 aromatic rings. The van der Waals surface area contributed by atoms with Crippen LogP contribution in [0.25, 0.3) is 0 Å². The number of carbonyl (C=O) groups is 2. The summed E-state index contributed by atoms with van der Waals surface area (Å²) in [7, 11) is 1.54. The number of methoxy groups -OCH3 is 1. The van der Waals surface area contributed by atoms with E-state index in [1.165, 1.54) is 0 Å². The number of rotatable bonds is 6. The number of fused-ring (bicyclic) bond motifs is 1. The fourth-order valence-electron chi connectivity index (χ4n) is 2.11. The summed E-state index contributed by atoms with van der Waals surface area (Å²) in [5, 5.41) is 3.17. The Morgan fingerprint density at radius 3 is 3.05 bits per heavy atom. The second-order valence-electron chi connectivity index (χ2n) is 4.91. The molecule has 0 unspecified atom stereocenters. The molecular weight excluding hydrogens is 310 g/mol. The van der Waals surface area contributed by atoms with E-state index in [1.807, 2.05) is 0 Å². The monoisotopic (exact) mass is 327 g/mol. The highest BCUT2D eigenvalue weighted by Gasteiger charge is 2.27. The van der Waals surface area contributed by atoms with Crippen molar-refractivity contribution in [1.82, 2.24) is 5.32 Å². The minimum atomic E-state index is -0.451. The number of benzene rings is 1. The molecule has 1 atom stereocenters. The van der Waals surface area contributed by atoms with Crippen molar-refractivity contribution in [3.8, 4) is 5.75 Å². The highest BCUT2D eigenvalue weighted by atomic mass is 35.5. The predicted molar refractivity (Wildman–Crippen MR) is 80.0 cm³/mol. The number of esters is 1. The molecule has 1 aromatic carbocycles. The van der Waals surface area contributed by atoms with Crippen molar-refractivity contribution in [1.29, 1.82) is 0 Å². The summed E-state index contributed by atoms with van der Waals surface area (Å²) >= 11 is 5.93. The fourth-order valence-corrected chi connectivity index (χ4v) is 2.31. The van der Waals surface area contributed by atoms with Gasteiger partial charge >= 0.3 is 5.97 Å². The van der Waals surface area contributed by atoms with Gasteiger partial charge in [0.15, 0.2) is 6.61 Å². The van der Waals surface area contributed by atoms with Crippen LogP contribution in [0.5, 0.6) is 5.75 Å². The van der Waals surface area contributed by atoms with E-state index in [2.05, 4.69) is 5.32 Å². The molecule has 1 amide bonds. The van der Waals surface area contributed by atoms with Gasteiger partial charge in [-0.3, -0.25) is 9.59 Å². The zero-order chi connectivity index (χ0) is 15.9. The zero-order valence-electron chi connectivity index (χ0n) is 12.3. The molecule has 0 radical (unpaired) electrons. The highest BCUT2D eigenvalue weighted by molar-refractivity contribution is 6.30. The first-order chi connectivity index (χ1) is 10.6. The first-order valence-corrected chi connectivity index (χ1v) is 7.31. The van der Waals surface area contributed by atoms with E-state index in [0.717, 1.165) is 11.3 Å². The van der Waals surface area contributed by atoms with Gasteiger partial charge in [0, 0.05) is 18.7 Å². The molecule has 0 spiro atoms. The van der Waals surface area contributed by atoms with E-state index in [0.29, 0.717) is 24.6 Å². The summed E-state index contributed by atoms with van der Waals surface area (Å²) in [5.41, 5.74) is 0.866. The van der Waals surface area contributed by atoms with Gasteiger partial charge in [-0.25, -0.2) is 0 Å². The van der Waals surface area contributed by atoms with Gasteiger partial charge in [-0.2, -0.15) is 0 Å². The molecule has 22 heavy (non-hydrogen) atoms. The van der Waals surface area contributed by atoms with Crippen LogP contribution in [0, 0.1) is 5.92 Å². The summed E-state index contributed by atoms with van der Waals surface area (Å²) in [6.07, 6.45) is 0.486. The van der Waals surface area contributed by atoms with Crippen LogP contribution in [0.3, 0.4) is 0 Å². The van der Waals surface area contributed by atoms with Gasteiger partial charge in [0.25, 0.3) is 5.91 Å². The Bertz CT molecular complexity index is 549. The third-order valence-electron chi connectivity index (χ3n) is 3.24. The normalized spacial score (nSPS) is 16.4. The van der Waals surface area contributed by atoms with Crippen molar-refractivity contribution in [3.63, 3.8) is 0 Å². The smallest absolute Gasteiger partial charge is 0.313 e. The summed E-state index contributed by atoms with van der Waals surface area (Å²) in [5.74, 6) is -0.512. The van der Waals surface area contributed by atoms with Gasteiger partial charge in [-0.1, -0.05) is 11.6 Å². The summed E-state index contributed by atoms with van der Waals surface area (Å²) in [6.45, 7) is 0.721. The Balaban J connectivity index is 1.80. The van der Waals surface area contributed by atoms with Gasteiger partial charge in [-0.15, -0.1) is 0 Å². The van der Waals surface area contributed by atoms with Crippen molar-refractivity contribution < 1.29 is 23.8 Å². The second kappa shape index (κ2) is 8.00. The number of hydrogen-bond donors (Lipinski definition) is 1. The first kappa shape index (κ1) is 16.6. The Hall–Kier alpha value is -1.79. The lowest BCUT2D eigenvalue weighted by Gasteiger charge is -2.24. The maximum absolute atomic E-state index is 12.0. The molecule has 0 bridgehead atoms. The SMILES string of the molecule is COCCNC(=O)COC(=O)[C@H]1COc2ccc(Cl)cc2C1. The van der Waals surface area contributed by atoms with Gasteiger partial charge < -0.3 is 19.5 Å². The molecule has 1 heterocycles. The average molecular weight is 328 g/mol. The molecule has 1 aliphatic heterocycles. The topological polar surface area (TPSA) is 73.9 Å². The number of carbonyl (C=O) groups excluding carboxylic acids is 2. The Kier molecular flexibility index (Phi) is 6.03. The molecule has 2 rings (SSSR count). The van der Waals surface area contributed by atoms with Crippen LogP contribution >= 0.6 is 11.6 Å². The standard InChI is InChI=1S/C15H18ClNO5/c1-20-5-4-17-14(18)9-22-15(19)11-6-10-7-12(16)2-3-13(10)21-8-11/h2-3,7,11H,4-6,8-9H2,1H3,(H,17,18)/t11-/m1/s1. The quantitative estimate of drug-likeness (QED) is 0.627. The Morgan fingerprint density at radius 2 is 2.27 bits per heavy atom. The van der Waals surface area contributed by atoms with Crippen molar-refractivity contribution in [2.24, 2.45) is 5.92 Å². The summed E-state index contributed by atoms with van der Waals surface area (Å²) < 4.78 is 15.3. The Labute approximate surface area is 133 Å². The summed E-state index contributed by atoms with van der Waals surface area (Å²) in [4.78, 5) is 23.4. The highest BCUT2D eigenvalue weighted by Crippen LogP contribution is 2.30. The molecule has 1 N–H and O–H groups in total. The molecule has 120 valence electrons. The van der Waals surface area contributed by atoms with Crippen LogP contribution < -0.4 is 10.1 Å². The number of hydrogen-bond acceptors (Lipinski definition) is 5. The zero-order valence-corrected chi connectivity index (χ0v) is 13.0. The van der Waals surface area contributed by atoms with Crippen LogP contribution in [-0.4, -0.2) is 45.4 Å². The van der Waals surface area contributed by atoms with Gasteiger partial charge in [-0.05, 0) is 30.2 Å². The van der Waals surface area contributed by atoms with Crippen molar-refractivity contribution in [2.45, 2.75) is 6.42 Å². The van der Waals surface area contributed by atoms with Crippen LogP contribution in [0.2, 0.25) is 5.02 Å². The number of halogens is 1. The van der Waals surface area contributed by atoms with Crippen molar-refractivity contribution >= 4 is 23.5 Å². The molecule has 0 aliphatic carbocycles. The van der Waals surface area contributed by atoms with Gasteiger partial charge in [0.1, 0.15) is 12.4 Å². The van der Waals surface area contributed by atoms with Crippen LogP contribution in [0.15, 0.2) is 18.2 Å². The van der Waals surface area contributed by atoms with Crippen LogP contribution in [0.1, 0.15) is 5.56 Å². The first-order valence-electron chi connectivity index (χ1n) is 6.93. The van der Waals surface area contributed by atoms with E-state index in [4.69, 9.17) is 25.8 Å². The molecule has 7 heteroatoms. The molecule has 6 nitrogen and oxygen atoms in total. The molecule has 0 saturated heterocycles. The lowest BCUT2D eigenvalue weighted by Crippen LogP contribution is -2.35. The average Bonchev–Trinajstić information content (AvgIpc) is 2.52. The Morgan fingerprint density at radius 1 is 1.45 bits per heavy atom. The maximum atomic E-state index is 12.0. The number of amides is 1. The van der Waals surface area contributed by atoms with Crippen LogP contribution in [-0.2, 0) is 25.5 Å². The third-order valence-corrected chi connectivity index (χ3v) is 3.47. The maximum Gasteiger partial charge on any atom is 0.313 e. The third kappa shape index (κ3) is 4.61. The van der Waals surface area contributed by atoms with Crippen molar-refractivity contribution in [3.05, 3.63) is 28.8 Å². The molecule has 0 saturated carbocycles. The number of nitrogens with one attached hydrogen (secondary N) is 1. The van der Waals surface area contributed by atoms with Gasteiger partial charge in [0.2, 0.25) is 0 Å². The fraction of sp³-hybridized carbons (Fsp3) is 0.467. The second-order valence-corrected chi connectivity index (χ2v) is 5.35. The largest absolute Gasteiger partial charge is 0.492 e. The van der Waals surface area contributed by atoms with Crippen LogP contribution in [0.4, 0.5) is 0 Å². The summed E-state index contributed by atoms with van der Waals surface area (Å²) in [6, 6.07) is 5.29. The van der Waals surface area contributed by atoms with E-state index in [-0.39, 0.29) is 19.1 Å². The van der Waals surface area contributed by atoms with Crippen molar-refractivity contribution in [2.75, 3.05) is 33.5 Å². The minimum Gasteiger partial charge on any atom is -0.492 e. The molecule has 0 fully saturated rings. The molecule has 1 aliphatic rings. The molecule has 0 aromatic heterocycles. The lowest BCUT2D eigenvalue weighted by molar-refractivity contribution is -0.153. The molecular formula is C15H18ClNO5. The van der Waals surface area contributed by atoms with E-state index < -0.39 is 11.9 Å². The number of ether oxygens (including phenoxy) is 3. The lowest BCUT2D eigenvalue weighted by atomic mass is 9.97. The van der Waals surface area contributed by atoms with E-state index in [9.17, 15) is 9.59 Å². The minimum absolute atomic E-state index is 0.235. The van der Waals surface area contributed by atoms with Gasteiger partial charge in [0.05, 0.1) is 12.5 Å². The van der Waals surface area contributed by atoms with E-state index in [1.54, 1.807) is 25.3 Å². The predicted octanol–water partition coefficient (Wildman–Crippen LogP) is 1.20. The van der Waals surface area contributed by atoms with E-state index >= 15 is 0 Å².